The van der Waals surface area contributed by atoms with E-state index in [4.69, 9.17) is 11.6 Å². The Morgan fingerprint density at radius 3 is 2.73 bits per heavy atom. The predicted octanol–water partition coefficient (Wildman–Crippen LogP) is 5.82. The van der Waals surface area contributed by atoms with Gasteiger partial charge in [-0.15, -0.1) is 11.8 Å². The van der Waals surface area contributed by atoms with Crippen LogP contribution in [0, 0.1) is 0 Å². The normalized spacial score (nSPS) is 16.2. The molecule has 33 heavy (non-hydrogen) atoms. The molecule has 5 nitrogen and oxygen atoms in total. The first-order valence-corrected chi connectivity index (χ1v) is 12.0. The monoisotopic (exact) mass is 475 g/mol. The van der Waals surface area contributed by atoms with Crippen LogP contribution >= 0.6 is 23.4 Å². The van der Waals surface area contributed by atoms with Crippen LogP contribution in [0.2, 0.25) is 5.02 Å². The van der Waals surface area contributed by atoms with Crippen molar-refractivity contribution in [2.24, 2.45) is 0 Å². The zero-order chi connectivity index (χ0) is 22.9. The maximum absolute atomic E-state index is 13.1. The molecule has 0 saturated heterocycles. The van der Waals surface area contributed by atoms with Crippen molar-refractivity contribution in [1.82, 2.24) is 10.3 Å². The molecule has 0 bridgehead atoms. The first kappa shape index (κ1) is 21.6. The lowest BCUT2D eigenvalue weighted by molar-refractivity contribution is -0.115. The number of benzene rings is 3. The third-order valence-corrected chi connectivity index (χ3v) is 7.44. The maximum atomic E-state index is 13.1. The van der Waals surface area contributed by atoms with Crippen molar-refractivity contribution in [3.63, 3.8) is 0 Å². The fourth-order valence-electron chi connectivity index (χ4n) is 4.17. The molecule has 3 N–H and O–H groups in total. The molecule has 0 aliphatic carbocycles. The van der Waals surface area contributed by atoms with Crippen molar-refractivity contribution in [3.8, 4) is 0 Å². The van der Waals surface area contributed by atoms with Gasteiger partial charge in [-0.1, -0.05) is 48.0 Å². The van der Waals surface area contributed by atoms with Crippen molar-refractivity contribution >= 4 is 51.8 Å². The zero-order valence-corrected chi connectivity index (χ0v) is 19.5. The molecule has 5 rings (SSSR count). The summed E-state index contributed by atoms with van der Waals surface area (Å²) in [7, 11) is 0. The minimum atomic E-state index is -0.201. The summed E-state index contributed by atoms with van der Waals surface area (Å²) in [5.74, 6) is -0.386. The average Bonchev–Trinajstić information content (AvgIpc) is 3.25. The summed E-state index contributed by atoms with van der Waals surface area (Å²) in [6.07, 6.45) is 1.98. The summed E-state index contributed by atoms with van der Waals surface area (Å²) in [5, 5.41) is 7.56. The number of para-hydroxylation sites is 1. The molecule has 0 radical (unpaired) electrons. The van der Waals surface area contributed by atoms with Crippen LogP contribution in [0.25, 0.3) is 10.9 Å². The molecular formula is C26H22ClN3O2S. The maximum Gasteiger partial charge on any atom is 0.251 e. The highest BCUT2D eigenvalue weighted by Crippen LogP contribution is 2.36. The van der Waals surface area contributed by atoms with Crippen molar-refractivity contribution in [3.05, 3.63) is 94.6 Å². The van der Waals surface area contributed by atoms with Crippen LogP contribution in [0.15, 0.2) is 77.8 Å². The lowest BCUT2D eigenvalue weighted by Crippen LogP contribution is -2.30. The topological polar surface area (TPSA) is 74.0 Å². The van der Waals surface area contributed by atoms with Gasteiger partial charge < -0.3 is 15.6 Å². The summed E-state index contributed by atoms with van der Waals surface area (Å²) < 4.78 is 0. The molecule has 0 saturated carbocycles. The Morgan fingerprint density at radius 1 is 1.09 bits per heavy atom. The Labute approximate surface area is 200 Å². The average molecular weight is 476 g/mol. The van der Waals surface area contributed by atoms with Gasteiger partial charge >= 0.3 is 0 Å². The van der Waals surface area contributed by atoms with Gasteiger partial charge in [-0.05, 0) is 48.4 Å². The van der Waals surface area contributed by atoms with Crippen LogP contribution in [-0.4, -0.2) is 28.6 Å². The summed E-state index contributed by atoms with van der Waals surface area (Å²) >= 11 is 8.05. The number of thioether (sulfide) groups is 1. The Hall–Kier alpha value is -3.22. The van der Waals surface area contributed by atoms with Gasteiger partial charge in [0.25, 0.3) is 5.91 Å². The number of rotatable bonds is 5. The standard InChI is InChI=1S/C26H22ClN3O2S/c1-15-25(31)30-23-12-16(10-11-24(23)33-15)26(32)29-14-19(17-6-2-4-8-21(17)27)20-13-28-22-9-5-3-7-18(20)22/h2-13,15,19,28H,14H2,1H3,(H,29,32)(H,30,31)/t15-,19+/m1/s1. The number of anilines is 1. The number of carbonyl (C=O) groups is 2. The number of aromatic nitrogens is 1. The van der Waals surface area contributed by atoms with Gasteiger partial charge in [0.2, 0.25) is 5.91 Å². The lowest BCUT2D eigenvalue weighted by Gasteiger charge is -2.22. The zero-order valence-electron chi connectivity index (χ0n) is 17.9. The number of hydrogen-bond donors (Lipinski definition) is 3. The molecule has 0 spiro atoms. The van der Waals surface area contributed by atoms with Gasteiger partial charge in [-0.25, -0.2) is 0 Å². The Kier molecular flexibility index (Phi) is 5.87. The molecule has 2 amide bonds. The molecule has 0 fully saturated rings. The number of amides is 2. The highest BCUT2D eigenvalue weighted by molar-refractivity contribution is 8.00. The molecule has 2 heterocycles. The fourth-order valence-corrected chi connectivity index (χ4v) is 5.37. The van der Waals surface area contributed by atoms with Gasteiger partial charge in [-0.3, -0.25) is 9.59 Å². The number of carbonyl (C=O) groups excluding carboxylic acids is 2. The van der Waals surface area contributed by atoms with Crippen molar-refractivity contribution < 1.29 is 9.59 Å². The summed E-state index contributed by atoms with van der Waals surface area (Å²) in [6, 6.07) is 21.2. The number of hydrogen-bond acceptors (Lipinski definition) is 3. The number of H-pyrrole nitrogens is 1. The van der Waals surface area contributed by atoms with E-state index in [2.05, 4.69) is 21.7 Å². The van der Waals surface area contributed by atoms with Crippen molar-refractivity contribution in [1.29, 1.82) is 0 Å². The molecule has 7 heteroatoms. The molecule has 4 aromatic rings. The fraction of sp³-hybridized carbons (Fsp3) is 0.154. The van der Waals surface area contributed by atoms with Crippen LogP contribution in [-0.2, 0) is 4.79 Å². The second-order valence-electron chi connectivity index (χ2n) is 8.03. The minimum absolute atomic E-state index is 0.0526. The molecule has 1 aromatic heterocycles. The van der Waals surface area contributed by atoms with Crippen LogP contribution < -0.4 is 10.6 Å². The van der Waals surface area contributed by atoms with E-state index in [-0.39, 0.29) is 23.0 Å². The Bertz CT molecular complexity index is 1370. The molecule has 2 atom stereocenters. The highest BCUT2D eigenvalue weighted by Gasteiger charge is 2.25. The third kappa shape index (κ3) is 4.24. The van der Waals surface area contributed by atoms with Gasteiger partial charge in [-0.2, -0.15) is 0 Å². The molecular weight excluding hydrogens is 454 g/mol. The molecule has 0 unspecified atom stereocenters. The van der Waals surface area contributed by atoms with E-state index in [0.717, 1.165) is 26.9 Å². The van der Waals surface area contributed by atoms with Crippen LogP contribution in [0.3, 0.4) is 0 Å². The second-order valence-corrected chi connectivity index (χ2v) is 9.82. The van der Waals surface area contributed by atoms with E-state index < -0.39 is 0 Å². The third-order valence-electron chi connectivity index (χ3n) is 5.92. The highest BCUT2D eigenvalue weighted by atomic mass is 35.5. The summed E-state index contributed by atoms with van der Waals surface area (Å²) in [5.41, 5.74) is 4.23. The SMILES string of the molecule is C[C@H]1Sc2ccc(C(=O)NC[C@@H](c3ccccc3Cl)c3c[nH]c4ccccc34)cc2NC1=O. The van der Waals surface area contributed by atoms with Gasteiger partial charge in [0, 0.05) is 45.0 Å². The number of nitrogens with one attached hydrogen (secondary N) is 3. The van der Waals surface area contributed by atoms with E-state index in [1.807, 2.05) is 61.7 Å². The van der Waals surface area contributed by atoms with E-state index in [1.54, 1.807) is 12.1 Å². The summed E-state index contributed by atoms with van der Waals surface area (Å²) in [6.45, 7) is 2.24. The Morgan fingerprint density at radius 2 is 1.88 bits per heavy atom. The number of fused-ring (bicyclic) bond motifs is 2. The van der Waals surface area contributed by atoms with Crippen LogP contribution in [0.4, 0.5) is 5.69 Å². The van der Waals surface area contributed by atoms with E-state index >= 15 is 0 Å². The number of aromatic amines is 1. The van der Waals surface area contributed by atoms with E-state index in [9.17, 15) is 9.59 Å². The van der Waals surface area contributed by atoms with Gasteiger partial charge in [0.05, 0.1) is 10.9 Å². The van der Waals surface area contributed by atoms with Gasteiger partial charge in [0.15, 0.2) is 0 Å². The van der Waals surface area contributed by atoms with E-state index in [1.165, 1.54) is 11.8 Å². The molecule has 1 aliphatic heterocycles. The molecule has 3 aromatic carbocycles. The predicted molar refractivity (Wildman–Crippen MR) is 134 cm³/mol. The molecule has 1 aliphatic rings. The lowest BCUT2D eigenvalue weighted by atomic mass is 9.90. The smallest absolute Gasteiger partial charge is 0.251 e. The largest absolute Gasteiger partial charge is 0.361 e. The Balaban J connectivity index is 1.43. The van der Waals surface area contributed by atoms with Crippen molar-refractivity contribution in [2.45, 2.75) is 23.0 Å². The quantitative estimate of drug-likeness (QED) is 0.340. The summed E-state index contributed by atoms with van der Waals surface area (Å²) in [4.78, 5) is 29.4. The second kappa shape index (κ2) is 8.96. The first-order valence-electron chi connectivity index (χ1n) is 10.7. The molecule has 166 valence electrons. The first-order chi connectivity index (χ1) is 16.0. The minimum Gasteiger partial charge on any atom is -0.361 e. The van der Waals surface area contributed by atoms with E-state index in [0.29, 0.717) is 22.8 Å². The van der Waals surface area contributed by atoms with Crippen molar-refractivity contribution in [2.75, 3.05) is 11.9 Å². The van der Waals surface area contributed by atoms with Crippen LogP contribution in [0.5, 0.6) is 0 Å². The number of halogens is 1. The van der Waals surface area contributed by atoms with Gasteiger partial charge in [0.1, 0.15) is 0 Å². The van der Waals surface area contributed by atoms with Crippen LogP contribution in [0.1, 0.15) is 34.3 Å².